The first kappa shape index (κ1) is 27.1. The molecule has 1 aromatic carbocycles. The van der Waals surface area contributed by atoms with Crippen LogP contribution < -0.4 is 10.6 Å². The van der Waals surface area contributed by atoms with E-state index in [0.717, 1.165) is 18.9 Å². The van der Waals surface area contributed by atoms with Crippen LogP contribution in [0.15, 0.2) is 35.3 Å². The second-order valence-electron chi connectivity index (χ2n) is 7.67. The number of benzene rings is 1. The van der Waals surface area contributed by atoms with Crippen LogP contribution in [0.25, 0.3) is 0 Å². The van der Waals surface area contributed by atoms with Crippen molar-refractivity contribution in [2.24, 2.45) is 10.4 Å². The lowest BCUT2D eigenvalue weighted by atomic mass is 9.90. The van der Waals surface area contributed by atoms with E-state index in [1.54, 1.807) is 7.05 Å². The second kappa shape index (κ2) is 13.4. The molecule has 2 N–H and O–H groups in total. The molecule has 0 aliphatic rings. The molecular weight excluding hydrogens is 489 g/mol. The van der Waals surface area contributed by atoms with Gasteiger partial charge in [0.25, 0.3) is 0 Å². The Bertz CT molecular complexity index is 679. The van der Waals surface area contributed by atoms with Crippen LogP contribution in [0.1, 0.15) is 45.3 Å². The summed E-state index contributed by atoms with van der Waals surface area (Å²) in [5, 5.41) is 6.54. The molecule has 0 aromatic heterocycles. The first-order chi connectivity index (χ1) is 12.6. The molecule has 0 amide bonds. The first-order valence-electron chi connectivity index (χ1n) is 9.42. The summed E-state index contributed by atoms with van der Waals surface area (Å²) in [6.07, 6.45) is 2.84. The van der Waals surface area contributed by atoms with Gasteiger partial charge in [-0.15, -0.1) is 24.0 Å². The highest BCUT2D eigenvalue weighted by molar-refractivity contribution is 14.0. The molecule has 0 heterocycles. The summed E-state index contributed by atoms with van der Waals surface area (Å²) in [6, 6.07) is 10.2. The fraction of sp³-hybridized carbons (Fsp3) is 0.650. The van der Waals surface area contributed by atoms with Gasteiger partial charge in [0.2, 0.25) is 0 Å². The topological polar surface area (TPSA) is 79.8 Å². The Morgan fingerprint density at radius 2 is 1.86 bits per heavy atom. The summed E-state index contributed by atoms with van der Waals surface area (Å²) in [6.45, 7) is 8.24. The third-order valence-corrected chi connectivity index (χ3v) is 5.30. The number of nitrogens with zero attached hydrogens (tertiary/aromatic N) is 1. The Kier molecular flexibility index (Phi) is 13.0. The minimum atomic E-state index is -2.94. The number of ether oxygens (including phenoxy) is 1. The molecule has 0 aliphatic heterocycles. The standard InChI is InChI=1S/C20H35N3O3S.HI/c1-17(18-10-7-6-8-11-18)26-14-9-13-22-19(21-4)23-16-20(2,3)12-15-27(5,24)25;/h6-8,10-11,17H,9,12-16H2,1-5H3,(H2,21,22,23);1H. The maximum atomic E-state index is 11.3. The lowest BCUT2D eigenvalue weighted by molar-refractivity contribution is 0.0646. The molecule has 162 valence electrons. The number of hydrogen-bond donors (Lipinski definition) is 2. The van der Waals surface area contributed by atoms with Crippen LogP contribution in [0.3, 0.4) is 0 Å². The predicted molar refractivity (Wildman–Crippen MR) is 128 cm³/mol. The van der Waals surface area contributed by atoms with E-state index in [1.165, 1.54) is 11.8 Å². The van der Waals surface area contributed by atoms with Gasteiger partial charge < -0.3 is 15.4 Å². The lowest BCUT2D eigenvalue weighted by Crippen LogP contribution is -2.42. The van der Waals surface area contributed by atoms with Crippen molar-refractivity contribution in [2.45, 2.75) is 39.7 Å². The molecule has 0 saturated heterocycles. The second-order valence-corrected chi connectivity index (χ2v) is 9.93. The summed E-state index contributed by atoms with van der Waals surface area (Å²) in [5.41, 5.74) is 1.05. The predicted octanol–water partition coefficient (Wildman–Crippen LogP) is 3.40. The minimum absolute atomic E-state index is 0. The Morgan fingerprint density at radius 3 is 2.43 bits per heavy atom. The van der Waals surface area contributed by atoms with E-state index in [2.05, 4.69) is 48.5 Å². The number of halogens is 1. The van der Waals surface area contributed by atoms with Gasteiger partial charge in [0.05, 0.1) is 11.9 Å². The van der Waals surface area contributed by atoms with Gasteiger partial charge in [0.15, 0.2) is 5.96 Å². The van der Waals surface area contributed by atoms with Gasteiger partial charge >= 0.3 is 0 Å². The summed E-state index contributed by atoms with van der Waals surface area (Å²) in [4.78, 5) is 4.22. The van der Waals surface area contributed by atoms with Crippen molar-refractivity contribution in [3.8, 4) is 0 Å². The average Bonchev–Trinajstić information content (AvgIpc) is 2.62. The Hall–Kier alpha value is -0.870. The third kappa shape index (κ3) is 12.6. The molecule has 1 unspecified atom stereocenters. The number of aliphatic imine (C=N–C) groups is 1. The molecule has 0 bridgehead atoms. The van der Waals surface area contributed by atoms with E-state index in [-0.39, 0.29) is 41.2 Å². The molecule has 6 nitrogen and oxygen atoms in total. The van der Waals surface area contributed by atoms with Crippen molar-refractivity contribution in [3.05, 3.63) is 35.9 Å². The molecule has 0 saturated carbocycles. The number of rotatable bonds is 11. The SMILES string of the molecule is CN=C(NCCCOC(C)c1ccccc1)NCC(C)(C)CCS(C)(=O)=O.I. The maximum absolute atomic E-state index is 11.3. The average molecular weight is 525 g/mol. The third-order valence-electron chi connectivity index (χ3n) is 4.36. The van der Waals surface area contributed by atoms with Crippen LogP contribution in [-0.4, -0.2) is 53.1 Å². The van der Waals surface area contributed by atoms with Gasteiger partial charge in [0, 0.05) is 33.0 Å². The number of hydrogen-bond acceptors (Lipinski definition) is 4. The molecule has 0 spiro atoms. The van der Waals surface area contributed by atoms with Crippen molar-refractivity contribution < 1.29 is 13.2 Å². The fourth-order valence-electron chi connectivity index (χ4n) is 2.45. The summed E-state index contributed by atoms with van der Waals surface area (Å²) in [7, 11) is -1.21. The van der Waals surface area contributed by atoms with E-state index in [1.807, 2.05) is 18.2 Å². The van der Waals surface area contributed by atoms with Gasteiger partial charge in [-0.3, -0.25) is 4.99 Å². The Balaban J connectivity index is 0.00000729. The number of sulfone groups is 1. The van der Waals surface area contributed by atoms with Crippen LogP contribution in [0.4, 0.5) is 0 Å². The quantitative estimate of drug-likeness (QED) is 0.201. The molecule has 0 fully saturated rings. The van der Waals surface area contributed by atoms with E-state index >= 15 is 0 Å². The zero-order valence-corrected chi connectivity index (χ0v) is 20.8. The fourth-order valence-corrected chi connectivity index (χ4v) is 3.38. The summed E-state index contributed by atoms with van der Waals surface area (Å²) >= 11 is 0. The summed E-state index contributed by atoms with van der Waals surface area (Å²) in [5.74, 6) is 0.920. The normalized spacial score (nSPS) is 13.5. The Labute approximate surface area is 187 Å². The van der Waals surface area contributed by atoms with Crippen molar-refractivity contribution in [2.75, 3.05) is 38.8 Å². The van der Waals surface area contributed by atoms with Crippen LogP contribution in [0.2, 0.25) is 0 Å². The van der Waals surface area contributed by atoms with E-state index in [9.17, 15) is 8.42 Å². The van der Waals surface area contributed by atoms with Gasteiger partial charge in [-0.2, -0.15) is 0 Å². The highest BCUT2D eigenvalue weighted by atomic mass is 127. The number of nitrogens with one attached hydrogen (secondary N) is 2. The Morgan fingerprint density at radius 1 is 1.21 bits per heavy atom. The van der Waals surface area contributed by atoms with Crippen LogP contribution in [-0.2, 0) is 14.6 Å². The lowest BCUT2D eigenvalue weighted by Gasteiger charge is -2.25. The zero-order valence-electron chi connectivity index (χ0n) is 17.7. The van der Waals surface area contributed by atoms with Crippen LogP contribution in [0, 0.1) is 5.41 Å². The van der Waals surface area contributed by atoms with E-state index in [0.29, 0.717) is 19.6 Å². The monoisotopic (exact) mass is 525 g/mol. The molecule has 8 heteroatoms. The number of guanidine groups is 1. The molecule has 1 rings (SSSR count). The van der Waals surface area contributed by atoms with Crippen molar-refractivity contribution in [1.29, 1.82) is 0 Å². The largest absolute Gasteiger partial charge is 0.374 e. The minimum Gasteiger partial charge on any atom is -0.374 e. The molecule has 28 heavy (non-hydrogen) atoms. The van der Waals surface area contributed by atoms with Gasteiger partial charge in [-0.25, -0.2) is 8.42 Å². The molecular formula is C20H36IN3O3S. The highest BCUT2D eigenvalue weighted by Crippen LogP contribution is 2.19. The van der Waals surface area contributed by atoms with Gasteiger partial charge in [-0.1, -0.05) is 44.2 Å². The maximum Gasteiger partial charge on any atom is 0.190 e. The van der Waals surface area contributed by atoms with Crippen LogP contribution >= 0.6 is 24.0 Å². The first-order valence-corrected chi connectivity index (χ1v) is 11.5. The zero-order chi connectivity index (χ0) is 20.3. The van der Waals surface area contributed by atoms with Crippen molar-refractivity contribution in [1.82, 2.24) is 10.6 Å². The van der Waals surface area contributed by atoms with Crippen LogP contribution in [0.5, 0.6) is 0 Å². The van der Waals surface area contributed by atoms with Gasteiger partial charge in [0.1, 0.15) is 9.84 Å². The van der Waals surface area contributed by atoms with E-state index < -0.39 is 9.84 Å². The molecule has 1 atom stereocenters. The molecule has 0 radical (unpaired) electrons. The summed E-state index contributed by atoms with van der Waals surface area (Å²) < 4.78 is 28.6. The molecule has 0 aliphatic carbocycles. The van der Waals surface area contributed by atoms with E-state index in [4.69, 9.17) is 4.74 Å². The highest BCUT2D eigenvalue weighted by Gasteiger charge is 2.20. The van der Waals surface area contributed by atoms with Gasteiger partial charge in [-0.05, 0) is 30.7 Å². The van der Waals surface area contributed by atoms with Crippen molar-refractivity contribution >= 4 is 39.8 Å². The molecule has 1 aromatic rings. The van der Waals surface area contributed by atoms with Crippen molar-refractivity contribution in [3.63, 3.8) is 0 Å². The smallest absolute Gasteiger partial charge is 0.190 e.